The largest absolute Gasteiger partial charge is 0.383 e. The molecule has 4 heterocycles. The number of aromatic nitrogens is 4. The van der Waals surface area contributed by atoms with Gasteiger partial charge in [-0.2, -0.15) is 0 Å². The maximum Gasteiger partial charge on any atom is 0.179 e. The summed E-state index contributed by atoms with van der Waals surface area (Å²) in [6.45, 7) is 3.90. The van der Waals surface area contributed by atoms with Gasteiger partial charge in [0.15, 0.2) is 5.65 Å². The zero-order valence-corrected chi connectivity index (χ0v) is 15.4. The van der Waals surface area contributed by atoms with Crippen molar-refractivity contribution in [2.75, 3.05) is 23.7 Å². The summed E-state index contributed by atoms with van der Waals surface area (Å²) in [6.07, 6.45) is 5.37. The Morgan fingerprint density at radius 1 is 1.12 bits per heavy atom. The second kappa shape index (κ2) is 6.69. The summed E-state index contributed by atoms with van der Waals surface area (Å²) >= 11 is 1.47. The van der Waals surface area contributed by atoms with Crippen molar-refractivity contribution in [1.82, 2.24) is 19.9 Å². The fraction of sp³-hybridized carbons (Fsp3) is 0.333. The minimum Gasteiger partial charge on any atom is -0.383 e. The lowest BCUT2D eigenvalue weighted by molar-refractivity contribution is 0.363. The lowest BCUT2D eigenvalue weighted by Gasteiger charge is -2.37. The number of nitrogens with zero attached hydrogens (tertiary/aromatic N) is 5. The standard InChI is InChI=1S/C18H21N7S/c1-18(20)6-9-25(10-7-18)14-11-22-17-12(23-14)4-5-15(24-17)26-13-3-2-8-21-16(13)19/h2-5,8,11H,6-7,9-10,20H2,1H3,(H2,19,21). The molecule has 0 bridgehead atoms. The van der Waals surface area contributed by atoms with Gasteiger partial charge in [0.05, 0.1) is 11.1 Å². The van der Waals surface area contributed by atoms with Crippen molar-refractivity contribution >= 4 is 34.6 Å². The molecule has 1 aliphatic rings. The third kappa shape index (κ3) is 3.56. The number of rotatable bonds is 3. The van der Waals surface area contributed by atoms with Gasteiger partial charge in [-0.1, -0.05) is 11.8 Å². The van der Waals surface area contributed by atoms with Gasteiger partial charge in [-0.05, 0) is 44.0 Å². The van der Waals surface area contributed by atoms with Crippen LogP contribution in [0.4, 0.5) is 11.6 Å². The molecule has 0 radical (unpaired) electrons. The second-order valence-corrected chi connectivity index (χ2v) is 7.91. The first-order valence-electron chi connectivity index (χ1n) is 8.56. The number of hydrogen-bond donors (Lipinski definition) is 2. The Morgan fingerprint density at radius 3 is 2.69 bits per heavy atom. The molecule has 0 spiro atoms. The number of pyridine rings is 2. The van der Waals surface area contributed by atoms with Crippen molar-refractivity contribution in [2.24, 2.45) is 5.73 Å². The predicted octanol–water partition coefficient (Wildman–Crippen LogP) is 2.47. The van der Waals surface area contributed by atoms with Gasteiger partial charge in [0.1, 0.15) is 22.2 Å². The molecule has 4 N–H and O–H groups in total. The highest BCUT2D eigenvalue weighted by Crippen LogP contribution is 2.30. The molecule has 1 fully saturated rings. The van der Waals surface area contributed by atoms with E-state index in [2.05, 4.69) is 26.8 Å². The lowest BCUT2D eigenvalue weighted by atomic mass is 9.91. The average molecular weight is 367 g/mol. The molecule has 7 nitrogen and oxygen atoms in total. The minimum atomic E-state index is -0.0808. The molecular formula is C18H21N7S. The molecule has 134 valence electrons. The Kier molecular flexibility index (Phi) is 4.37. The van der Waals surface area contributed by atoms with Crippen LogP contribution in [0.25, 0.3) is 11.2 Å². The maximum absolute atomic E-state index is 6.21. The zero-order valence-electron chi connectivity index (χ0n) is 14.6. The number of piperidine rings is 1. The van der Waals surface area contributed by atoms with Gasteiger partial charge in [0, 0.05) is 24.8 Å². The van der Waals surface area contributed by atoms with Crippen LogP contribution in [0.5, 0.6) is 0 Å². The highest BCUT2D eigenvalue weighted by Gasteiger charge is 2.26. The first-order chi connectivity index (χ1) is 12.5. The molecule has 0 aliphatic carbocycles. The summed E-state index contributed by atoms with van der Waals surface area (Å²) in [5.41, 5.74) is 13.4. The van der Waals surface area contributed by atoms with E-state index in [1.165, 1.54) is 11.8 Å². The number of fused-ring (bicyclic) bond motifs is 1. The Balaban J connectivity index is 1.56. The van der Waals surface area contributed by atoms with Crippen LogP contribution in [0.15, 0.2) is 46.6 Å². The molecular weight excluding hydrogens is 346 g/mol. The molecule has 1 saturated heterocycles. The molecule has 4 rings (SSSR count). The van der Waals surface area contributed by atoms with Crippen LogP contribution >= 0.6 is 11.8 Å². The van der Waals surface area contributed by atoms with Gasteiger partial charge in [0.25, 0.3) is 0 Å². The van der Waals surface area contributed by atoms with Gasteiger partial charge in [-0.15, -0.1) is 0 Å². The smallest absolute Gasteiger partial charge is 0.179 e. The number of anilines is 2. The lowest BCUT2D eigenvalue weighted by Crippen LogP contribution is -2.48. The first-order valence-corrected chi connectivity index (χ1v) is 9.38. The van der Waals surface area contributed by atoms with Crippen molar-refractivity contribution in [3.63, 3.8) is 0 Å². The Bertz CT molecular complexity index is 934. The van der Waals surface area contributed by atoms with E-state index in [0.717, 1.165) is 47.2 Å². The van der Waals surface area contributed by atoms with E-state index < -0.39 is 0 Å². The molecule has 3 aromatic rings. The van der Waals surface area contributed by atoms with Crippen molar-refractivity contribution in [3.05, 3.63) is 36.7 Å². The summed E-state index contributed by atoms with van der Waals surface area (Å²) < 4.78 is 0. The Hall–Kier alpha value is -2.45. The third-order valence-corrected chi connectivity index (χ3v) is 5.61. The van der Waals surface area contributed by atoms with E-state index in [0.29, 0.717) is 11.5 Å². The summed E-state index contributed by atoms with van der Waals surface area (Å²) in [5.74, 6) is 1.38. The monoisotopic (exact) mass is 367 g/mol. The van der Waals surface area contributed by atoms with E-state index in [-0.39, 0.29) is 5.54 Å². The van der Waals surface area contributed by atoms with E-state index in [9.17, 15) is 0 Å². The molecule has 3 aromatic heterocycles. The molecule has 0 aromatic carbocycles. The van der Waals surface area contributed by atoms with Gasteiger partial charge < -0.3 is 16.4 Å². The second-order valence-electron chi connectivity index (χ2n) is 6.85. The summed E-state index contributed by atoms with van der Waals surface area (Å²) in [5, 5.41) is 0.816. The average Bonchev–Trinajstić information content (AvgIpc) is 2.63. The maximum atomic E-state index is 6.21. The quantitative estimate of drug-likeness (QED) is 0.727. The van der Waals surface area contributed by atoms with Crippen LogP contribution in [-0.4, -0.2) is 38.6 Å². The molecule has 0 amide bonds. The van der Waals surface area contributed by atoms with E-state index in [1.807, 2.05) is 24.3 Å². The van der Waals surface area contributed by atoms with Crippen LogP contribution in [0.2, 0.25) is 0 Å². The number of hydrogen-bond acceptors (Lipinski definition) is 8. The normalized spacial score (nSPS) is 16.8. The molecule has 1 aliphatic heterocycles. The van der Waals surface area contributed by atoms with Crippen molar-refractivity contribution in [3.8, 4) is 0 Å². The van der Waals surface area contributed by atoms with Gasteiger partial charge in [-0.25, -0.2) is 19.9 Å². The van der Waals surface area contributed by atoms with Crippen LogP contribution in [0, 0.1) is 0 Å². The first kappa shape index (κ1) is 17.0. The Morgan fingerprint density at radius 2 is 1.92 bits per heavy atom. The zero-order chi connectivity index (χ0) is 18.1. The van der Waals surface area contributed by atoms with Crippen molar-refractivity contribution < 1.29 is 0 Å². The molecule has 0 saturated carbocycles. The van der Waals surface area contributed by atoms with E-state index in [4.69, 9.17) is 16.5 Å². The summed E-state index contributed by atoms with van der Waals surface area (Å²) in [7, 11) is 0. The van der Waals surface area contributed by atoms with Crippen LogP contribution < -0.4 is 16.4 Å². The predicted molar refractivity (Wildman–Crippen MR) is 104 cm³/mol. The molecule has 0 unspecified atom stereocenters. The third-order valence-electron chi connectivity index (χ3n) is 4.61. The van der Waals surface area contributed by atoms with Crippen LogP contribution in [-0.2, 0) is 0 Å². The fourth-order valence-electron chi connectivity index (χ4n) is 2.93. The molecule has 8 heteroatoms. The van der Waals surface area contributed by atoms with Crippen molar-refractivity contribution in [1.29, 1.82) is 0 Å². The minimum absolute atomic E-state index is 0.0808. The van der Waals surface area contributed by atoms with Crippen LogP contribution in [0.1, 0.15) is 19.8 Å². The SMILES string of the molecule is CC1(N)CCN(c2cnc3nc(Sc4cccnc4N)ccc3n2)CC1. The number of nitrogens with two attached hydrogens (primary N) is 2. The summed E-state index contributed by atoms with van der Waals surface area (Å²) in [4.78, 5) is 21.0. The number of nitrogen functional groups attached to an aromatic ring is 1. The fourth-order valence-corrected chi connectivity index (χ4v) is 3.73. The Labute approximate surface area is 156 Å². The molecule has 0 atom stereocenters. The van der Waals surface area contributed by atoms with E-state index in [1.54, 1.807) is 12.4 Å². The van der Waals surface area contributed by atoms with E-state index >= 15 is 0 Å². The summed E-state index contributed by atoms with van der Waals surface area (Å²) in [6, 6.07) is 7.67. The highest BCUT2D eigenvalue weighted by molar-refractivity contribution is 7.99. The topological polar surface area (TPSA) is 107 Å². The van der Waals surface area contributed by atoms with Crippen LogP contribution in [0.3, 0.4) is 0 Å². The van der Waals surface area contributed by atoms with Crippen molar-refractivity contribution in [2.45, 2.75) is 35.2 Å². The van der Waals surface area contributed by atoms with Gasteiger partial charge in [-0.3, -0.25) is 0 Å². The highest BCUT2D eigenvalue weighted by atomic mass is 32.2. The van der Waals surface area contributed by atoms with Gasteiger partial charge >= 0.3 is 0 Å². The molecule has 26 heavy (non-hydrogen) atoms. The van der Waals surface area contributed by atoms with Gasteiger partial charge in [0.2, 0.25) is 0 Å².